The van der Waals surface area contributed by atoms with Crippen molar-refractivity contribution in [3.8, 4) is 0 Å². The van der Waals surface area contributed by atoms with Crippen molar-refractivity contribution in [2.75, 3.05) is 45.9 Å². The number of amides is 1. The predicted octanol–water partition coefficient (Wildman–Crippen LogP) is 1.71. The summed E-state index contributed by atoms with van der Waals surface area (Å²) in [4.78, 5) is 24.8. The van der Waals surface area contributed by atoms with Gasteiger partial charge in [-0.05, 0) is 33.6 Å². The van der Waals surface area contributed by atoms with Crippen LogP contribution in [0.15, 0.2) is 17.4 Å². The Balaban J connectivity index is 1.76. The van der Waals surface area contributed by atoms with Gasteiger partial charge in [-0.15, -0.1) is 0 Å². The number of hydrogen-bond donors (Lipinski definition) is 1. The third-order valence-corrected chi connectivity index (χ3v) is 4.43. The van der Waals surface area contributed by atoms with Crippen molar-refractivity contribution < 1.29 is 9.53 Å². The molecule has 0 atom stereocenters. The van der Waals surface area contributed by atoms with Crippen LogP contribution in [0.2, 0.25) is 0 Å². The number of aromatic nitrogens is 2. The zero-order chi connectivity index (χ0) is 18.8. The fraction of sp³-hybridized carbons (Fsp3) is 0.722. The van der Waals surface area contributed by atoms with Crippen LogP contribution in [-0.2, 0) is 11.3 Å². The molecule has 0 unspecified atom stereocenters. The number of carbonyl (C=O) groups excluding carboxylic acids is 1. The highest BCUT2D eigenvalue weighted by molar-refractivity contribution is 5.80. The molecule has 8 nitrogen and oxygen atoms in total. The number of ether oxygens (including phenoxy) is 1. The van der Waals surface area contributed by atoms with Crippen molar-refractivity contribution in [3.63, 3.8) is 0 Å². The van der Waals surface area contributed by atoms with Crippen LogP contribution in [0.25, 0.3) is 0 Å². The summed E-state index contributed by atoms with van der Waals surface area (Å²) in [5, 5.41) is 3.36. The first kappa shape index (κ1) is 20.1. The Morgan fingerprint density at radius 1 is 1.23 bits per heavy atom. The number of guanidine groups is 1. The molecule has 1 amide bonds. The number of piperazine rings is 1. The summed E-state index contributed by atoms with van der Waals surface area (Å²) in [5.74, 6) is 2.00. The van der Waals surface area contributed by atoms with Crippen molar-refractivity contribution in [1.82, 2.24) is 24.7 Å². The van der Waals surface area contributed by atoms with E-state index in [1.165, 1.54) is 0 Å². The molecule has 1 aliphatic rings. The van der Waals surface area contributed by atoms with Gasteiger partial charge in [-0.2, -0.15) is 0 Å². The van der Waals surface area contributed by atoms with Crippen molar-refractivity contribution in [2.45, 2.75) is 40.2 Å². The maximum Gasteiger partial charge on any atom is 0.409 e. The first-order chi connectivity index (χ1) is 12.7. The standard InChI is InChI=1S/C18H32N6O2/c1-4-19-17(21-8-6-7-10-22-11-9-20-16(22)3)23-12-14-24(15-13-23)18(25)26-5-2/h9,11H,4-8,10,12-15H2,1-3H3,(H,19,21). The Hall–Kier alpha value is -2.25. The number of aliphatic imine (C=N–C) groups is 1. The van der Waals surface area contributed by atoms with E-state index in [9.17, 15) is 4.79 Å². The molecule has 1 N–H and O–H groups in total. The van der Waals surface area contributed by atoms with Gasteiger partial charge in [-0.25, -0.2) is 9.78 Å². The Kier molecular flexibility index (Phi) is 8.24. The second kappa shape index (κ2) is 10.7. The van der Waals surface area contributed by atoms with E-state index < -0.39 is 0 Å². The van der Waals surface area contributed by atoms with Crippen molar-refractivity contribution >= 4 is 12.1 Å². The molecule has 2 rings (SSSR count). The molecule has 0 radical (unpaired) electrons. The fourth-order valence-corrected chi connectivity index (χ4v) is 2.96. The van der Waals surface area contributed by atoms with Gasteiger partial charge in [0, 0.05) is 58.2 Å². The summed E-state index contributed by atoms with van der Waals surface area (Å²) in [7, 11) is 0. The van der Waals surface area contributed by atoms with Gasteiger partial charge in [0.05, 0.1) is 6.61 Å². The third-order valence-electron chi connectivity index (χ3n) is 4.43. The SMILES string of the molecule is CCNC(=NCCCCn1ccnc1C)N1CCN(C(=O)OCC)CC1. The van der Waals surface area contributed by atoms with Gasteiger partial charge in [0.2, 0.25) is 0 Å². The van der Waals surface area contributed by atoms with Crippen LogP contribution in [0.4, 0.5) is 4.79 Å². The van der Waals surface area contributed by atoms with Gasteiger partial charge < -0.3 is 24.4 Å². The maximum atomic E-state index is 11.8. The topological polar surface area (TPSA) is 75.0 Å². The number of carbonyl (C=O) groups is 1. The minimum atomic E-state index is -0.219. The molecule has 1 saturated heterocycles. The van der Waals surface area contributed by atoms with E-state index in [1.54, 1.807) is 4.90 Å². The summed E-state index contributed by atoms with van der Waals surface area (Å²) < 4.78 is 7.24. The van der Waals surface area contributed by atoms with Crippen molar-refractivity contribution in [2.24, 2.45) is 4.99 Å². The minimum Gasteiger partial charge on any atom is -0.450 e. The largest absolute Gasteiger partial charge is 0.450 e. The lowest BCUT2D eigenvalue weighted by molar-refractivity contribution is 0.0914. The first-order valence-electron chi connectivity index (χ1n) is 9.58. The van der Waals surface area contributed by atoms with Crippen molar-refractivity contribution in [1.29, 1.82) is 0 Å². The van der Waals surface area contributed by atoms with Crippen LogP contribution < -0.4 is 5.32 Å². The molecule has 146 valence electrons. The Bertz CT molecular complexity index is 578. The molecule has 0 aliphatic carbocycles. The van der Waals surface area contributed by atoms with E-state index in [2.05, 4.69) is 26.7 Å². The highest BCUT2D eigenvalue weighted by atomic mass is 16.6. The molecule has 8 heteroatoms. The van der Waals surface area contributed by atoms with Gasteiger partial charge in [-0.1, -0.05) is 0 Å². The molecular weight excluding hydrogens is 332 g/mol. The van der Waals surface area contributed by atoms with Crippen LogP contribution in [0.3, 0.4) is 0 Å². The third kappa shape index (κ3) is 5.93. The molecule has 0 spiro atoms. The Labute approximate surface area is 156 Å². The van der Waals surface area contributed by atoms with Gasteiger partial charge in [0.15, 0.2) is 5.96 Å². The summed E-state index contributed by atoms with van der Waals surface area (Å²) in [5.41, 5.74) is 0. The number of aryl methyl sites for hydroxylation is 2. The minimum absolute atomic E-state index is 0.219. The Morgan fingerprint density at radius 2 is 1.96 bits per heavy atom. The first-order valence-corrected chi connectivity index (χ1v) is 9.58. The average molecular weight is 364 g/mol. The molecule has 1 aromatic rings. The summed E-state index contributed by atoms with van der Waals surface area (Å²) in [6.45, 7) is 11.9. The van der Waals surface area contributed by atoms with E-state index in [4.69, 9.17) is 9.73 Å². The van der Waals surface area contributed by atoms with Crippen molar-refractivity contribution in [3.05, 3.63) is 18.2 Å². The average Bonchev–Trinajstić information content (AvgIpc) is 3.06. The lowest BCUT2D eigenvalue weighted by Crippen LogP contribution is -2.53. The quantitative estimate of drug-likeness (QED) is 0.453. The molecule has 1 fully saturated rings. The summed E-state index contributed by atoms with van der Waals surface area (Å²) in [6.07, 6.45) is 5.76. The molecule has 1 aliphatic heterocycles. The predicted molar refractivity (Wildman–Crippen MR) is 102 cm³/mol. The highest BCUT2D eigenvalue weighted by Gasteiger charge is 2.23. The van der Waals surface area contributed by atoms with Crippen LogP contribution in [0, 0.1) is 6.92 Å². The molecule has 2 heterocycles. The van der Waals surface area contributed by atoms with Gasteiger partial charge in [0.25, 0.3) is 0 Å². The van der Waals surface area contributed by atoms with Gasteiger partial charge in [0.1, 0.15) is 5.82 Å². The van der Waals surface area contributed by atoms with Crippen LogP contribution in [-0.4, -0.2) is 77.3 Å². The molecule has 0 bridgehead atoms. The molecular formula is C18H32N6O2. The van der Waals surface area contributed by atoms with E-state index in [1.807, 2.05) is 26.2 Å². The summed E-state index contributed by atoms with van der Waals surface area (Å²) >= 11 is 0. The second-order valence-corrected chi connectivity index (χ2v) is 6.28. The van der Waals surface area contributed by atoms with Gasteiger partial charge in [-0.3, -0.25) is 4.99 Å². The zero-order valence-electron chi connectivity index (χ0n) is 16.3. The monoisotopic (exact) mass is 364 g/mol. The fourth-order valence-electron chi connectivity index (χ4n) is 2.96. The van der Waals surface area contributed by atoms with E-state index in [-0.39, 0.29) is 6.09 Å². The van der Waals surface area contributed by atoms with E-state index >= 15 is 0 Å². The molecule has 26 heavy (non-hydrogen) atoms. The maximum absolute atomic E-state index is 11.8. The number of imidazole rings is 1. The van der Waals surface area contributed by atoms with E-state index in [0.717, 1.165) is 57.3 Å². The van der Waals surface area contributed by atoms with Crippen LogP contribution >= 0.6 is 0 Å². The number of rotatable bonds is 7. The number of nitrogens with one attached hydrogen (secondary N) is 1. The lowest BCUT2D eigenvalue weighted by Gasteiger charge is -2.35. The van der Waals surface area contributed by atoms with Crippen LogP contribution in [0.5, 0.6) is 0 Å². The van der Waals surface area contributed by atoms with Crippen LogP contribution in [0.1, 0.15) is 32.5 Å². The summed E-state index contributed by atoms with van der Waals surface area (Å²) in [6, 6.07) is 0. The molecule has 1 aromatic heterocycles. The number of nitrogens with zero attached hydrogens (tertiary/aromatic N) is 5. The lowest BCUT2D eigenvalue weighted by atomic mass is 10.3. The normalized spacial score (nSPS) is 15.3. The zero-order valence-corrected chi connectivity index (χ0v) is 16.3. The van der Waals surface area contributed by atoms with Gasteiger partial charge >= 0.3 is 6.09 Å². The number of unbranched alkanes of at least 4 members (excludes halogenated alkanes) is 1. The molecule has 0 aromatic carbocycles. The van der Waals surface area contributed by atoms with E-state index in [0.29, 0.717) is 19.7 Å². The smallest absolute Gasteiger partial charge is 0.409 e. The second-order valence-electron chi connectivity index (χ2n) is 6.28. The number of hydrogen-bond acceptors (Lipinski definition) is 4. The Morgan fingerprint density at radius 3 is 2.58 bits per heavy atom. The highest BCUT2D eigenvalue weighted by Crippen LogP contribution is 2.05. The molecule has 0 saturated carbocycles.